The molecular weight excluding hydrogens is 288 g/mol. The van der Waals surface area contributed by atoms with Crippen LogP contribution in [0.15, 0.2) is 42.5 Å². The van der Waals surface area contributed by atoms with Crippen LogP contribution in [0.2, 0.25) is 0 Å². The topological polar surface area (TPSA) is 46.3 Å². The van der Waals surface area contributed by atoms with Gasteiger partial charge in [-0.05, 0) is 42.7 Å². The molecule has 2 aliphatic rings. The van der Waals surface area contributed by atoms with E-state index >= 15 is 0 Å². The Balaban J connectivity index is 1.67. The molecule has 1 aromatic heterocycles. The molecular formula is C19H18N2O2. The quantitative estimate of drug-likeness (QED) is 0.723. The van der Waals surface area contributed by atoms with Crippen molar-refractivity contribution in [2.24, 2.45) is 0 Å². The second-order valence-corrected chi connectivity index (χ2v) is 6.38. The van der Waals surface area contributed by atoms with E-state index in [4.69, 9.17) is 9.47 Å². The first-order valence-corrected chi connectivity index (χ1v) is 8.04. The fourth-order valence-corrected chi connectivity index (χ4v) is 3.78. The van der Waals surface area contributed by atoms with Crippen LogP contribution in [-0.4, -0.2) is 17.8 Å². The number of H-pyrrole nitrogens is 1. The summed E-state index contributed by atoms with van der Waals surface area (Å²) in [6.07, 6.45) is 1.04. The molecule has 3 aromatic rings. The van der Waals surface area contributed by atoms with E-state index in [0.717, 1.165) is 17.9 Å². The number of benzene rings is 2. The molecule has 5 rings (SSSR count). The van der Waals surface area contributed by atoms with E-state index in [0.29, 0.717) is 12.8 Å². The molecule has 0 saturated heterocycles. The van der Waals surface area contributed by atoms with Crippen molar-refractivity contribution in [2.75, 3.05) is 6.79 Å². The molecule has 4 nitrogen and oxygen atoms in total. The molecule has 2 aromatic carbocycles. The van der Waals surface area contributed by atoms with E-state index in [9.17, 15) is 0 Å². The van der Waals surface area contributed by atoms with Crippen molar-refractivity contribution >= 4 is 10.9 Å². The predicted octanol–water partition coefficient (Wildman–Crippen LogP) is 3.52. The maximum atomic E-state index is 5.54. The Bertz CT molecular complexity index is 900. The van der Waals surface area contributed by atoms with E-state index in [1.165, 1.54) is 27.7 Å². The largest absolute Gasteiger partial charge is 0.454 e. The average molecular weight is 306 g/mol. The highest BCUT2D eigenvalue weighted by molar-refractivity contribution is 5.85. The second-order valence-electron chi connectivity index (χ2n) is 6.38. The molecule has 1 unspecified atom stereocenters. The first kappa shape index (κ1) is 13.0. The van der Waals surface area contributed by atoms with Crippen molar-refractivity contribution in [1.82, 2.24) is 10.3 Å². The first-order valence-electron chi connectivity index (χ1n) is 8.04. The number of para-hydroxylation sites is 1. The summed E-state index contributed by atoms with van der Waals surface area (Å²) in [7, 11) is 0. The van der Waals surface area contributed by atoms with E-state index in [2.05, 4.69) is 53.6 Å². The Morgan fingerprint density at radius 2 is 1.91 bits per heavy atom. The van der Waals surface area contributed by atoms with Crippen molar-refractivity contribution in [3.05, 3.63) is 59.3 Å². The van der Waals surface area contributed by atoms with Gasteiger partial charge < -0.3 is 19.8 Å². The lowest BCUT2D eigenvalue weighted by molar-refractivity contribution is 0.174. The third-order valence-corrected chi connectivity index (χ3v) is 4.83. The summed E-state index contributed by atoms with van der Waals surface area (Å²) in [5, 5.41) is 5.05. The second kappa shape index (κ2) is 4.77. The Hall–Kier alpha value is -2.46. The van der Waals surface area contributed by atoms with Crippen LogP contribution in [0.25, 0.3) is 10.9 Å². The molecule has 0 bridgehead atoms. The Morgan fingerprint density at radius 1 is 1.04 bits per heavy atom. The highest BCUT2D eigenvalue weighted by Crippen LogP contribution is 2.39. The molecule has 23 heavy (non-hydrogen) atoms. The van der Waals surface area contributed by atoms with Gasteiger partial charge in [-0.15, -0.1) is 0 Å². The van der Waals surface area contributed by atoms with Gasteiger partial charge in [0, 0.05) is 22.6 Å². The van der Waals surface area contributed by atoms with Crippen molar-refractivity contribution in [1.29, 1.82) is 0 Å². The van der Waals surface area contributed by atoms with Crippen LogP contribution in [0.5, 0.6) is 11.5 Å². The van der Waals surface area contributed by atoms with Gasteiger partial charge in [-0.25, -0.2) is 0 Å². The third kappa shape index (κ3) is 1.95. The summed E-state index contributed by atoms with van der Waals surface area (Å²) < 4.78 is 11.0. The minimum Gasteiger partial charge on any atom is -0.454 e. The fraction of sp³-hybridized carbons (Fsp3) is 0.263. The van der Waals surface area contributed by atoms with E-state index < -0.39 is 0 Å². The lowest BCUT2D eigenvalue weighted by Gasteiger charge is -2.29. The van der Waals surface area contributed by atoms with Gasteiger partial charge in [0.2, 0.25) is 6.79 Å². The zero-order chi connectivity index (χ0) is 15.4. The molecule has 0 fully saturated rings. The number of hydrogen-bond donors (Lipinski definition) is 2. The number of ether oxygens (including phenoxy) is 2. The average Bonchev–Trinajstić information content (AvgIpc) is 3.17. The molecule has 0 radical (unpaired) electrons. The smallest absolute Gasteiger partial charge is 0.231 e. The van der Waals surface area contributed by atoms with Gasteiger partial charge in [0.15, 0.2) is 11.5 Å². The summed E-state index contributed by atoms with van der Waals surface area (Å²) in [4.78, 5) is 3.62. The number of aromatic nitrogens is 1. The standard InChI is InChI=1S/C19H18N2O2/c1-11-8-14-13-4-2-3-5-15(13)21-19(14)18(20-11)12-6-7-16-17(9-12)23-10-22-16/h2-7,9,11,18,20-21H,8,10H2,1H3/t11?,18-/m0/s1. The first-order chi connectivity index (χ1) is 11.3. The minimum atomic E-state index is 0.149. The molecule has 2 atom stereocenters. The van der Waals surface area contributed by atoms with Gasteiger partial charge in [0.05, 0.1) is 6.04 Å². The van der Waals surface area contributed by atoms with Crippen LogP contribution in [0, 0.1) is 0 Å². The van der Waals surface area contributed by atoms with Crippen LogP contribution in [0.1, 0.15) is 29.8 Å². The molecule has 2 aliphatic heterocycles. The summed E-state index contributed by atoms with van der Waals surface area (Å²) in [5.74, 6) is 1.66. The van der Waals surface area contributed by atoms with Gasteiger partial charge >= 0.3 is 0 Å². The SMILES string of the molecule is CC1Cc2c([nH]c3ccccc23)[C@H](c2ccc3c(c2)OCO3)N1. The predicted molar refractivity (Wildman–Crippen MR) is 89.0 cm³/mol. The molecule has 4 heteroatoms. The number of hydrogen-bond acceptors (Lipinski definition) is 3. The third-order valence-electron chi connectivity index (χ3n) is 4.83. The fourth-order valence-electron chi connectivity index (χ4n) is 3.78. The number of aromatic amines is 1. The van der Waals surface area contributed by atoms with Gasteiger partial charge in [-0.3, -0.25) is 0 Å². The van der Waals surface area contributed by atoms with Crippen molar-refractivity contribution in [3.8, 4) is 11.5 Å². The Labute approximate surface area is 134 Å². The van der Waals surface area contributed by atoms with Crippen molar-refractivity contribution in [3.63, 3.8) is 0 Å². The summed E-state index contributed by atoms with van der Waals surface area (Å²) >= 11 is 0. The van der Waals surface area contributed by atoms with Crippen molar-refractivity contribution < 1.29 is 9.47 Å². The van der Waals surface area contributed by atoms with Crippen LogP contribution in [0.4, 0.5) is 0 Å². The van der Waals surface area contributed by atoms with Gasteiger partial charge in [-0.1, -0.05) is 24.3 Å². The Morgan fingerprint density at radius 3 is 2.87 bits per heavy atom. The van der Waals surface area contributed by atoms with Crippen LogP contribution in [0.3, 0.4) is 0 Å². The summed E-state index contributed by atoms with van der Waals surface area (Å²) in [6.45, 7) is 2.55. The zero-order valence-electron chi connectivity index (χ0n) is 12.9. The maximum absolute atomic E-state index is 5.54. The summed E-state index contributed by atoms with van der Waals surface area (Å²) in [6, 6.07) is 15.3. The number of fused-ring (bicyclic) bond motifs is 4. The Kier molecular flexibility index (Phi) is 2.70. The molecule has 3 heterocycles. The highest BCUT2D eigenvalue weighted by atomic mass is 16.7. The summed E-state index contributed by atoms with van der Waals surface area (Å²) in [5.41, 5.74) is 5.10. The van der Waals surface area contributed by atoms with Crippen LogP contribution in [-0.2, 0) is 6.42 Å². The molecule has 116 valence electrons. The van der Waals surface area contributed by atoms with Gasteiger partial charge in [-0.2, -0.15) is 0 Å². The molecule has 0 aliphatic carbocycles. The van der Waals surface area contributed by atoms with Crippen LogP contribution < -0.4 is 14.8 Å². The van der Waals surface area contributed by atoms with Crippen molar-refractivity contribution in [2.45, 2.75) is 25.4 Å². The molecule has 0 saturated carbocycles. The number of nitrogens with one attached hydrogen (secondary N) is 2. The molecule has 0 amide bonds. The van der Waals surface area contributed by atoms with E-state index in [-0.39, 0.29) is 6.04 Å². The van der Waals surface area contributed by atoms with Gasteiger partial charge in [0.1, 0.15) is 0 Å². The monoisotopic (exact) mass is 306 g/mol. The number of rotatable bonds is 1. The molecule has 0 spiro atoms. The van der Waals surface area contributed by atoms with Gasteiger partial charge in [0.25, 0.3) is 0 Å². The zero-order valence-corrected chi connectivity index (χ0v) is 12.9. The highest BCUT2D eigenvalue weighted by Gasteiger charge is 2.29. The maximum Gasteiger partial charge on any atom is 0.231 e. The molecule has 2 N–H and O–H groups in total. The minimum absolute atomic E-state index is 0.149. The normalized spacial score (nSPS) is 22.3. The van der Waals surface area contributed by atoms with E-state index in [1.807, 2.05) is 6.07 Å². The lowest BCUT2D eigenvalue weighted by atomic mass is 9.91. The van der Waals surface area contributed by atoms with Crippen LogP contribution >= 0.6 is 0 Å². The lowest BCUT2D eigenvalue weighted by Crippen LogP contribution is -2.37. The van der Waals surface area contributed by atoms with E-state index in [1.54, 1.807) is 0 Å².